The number of aryl methyl sites for hydroxylation is 1. The van der Waals surface area contributed by atoms with Crippen LogP contribution in [0.2, 0.25) is 0 Å². The van der Waals surface area contributed by atoms with Crippen molar-refractivity contribution >= 4 is 28.6 Å². The SMILES string of the molecule is CCC(=O)O[C@@H](C)Cc1ccccc1.COc1ccnc(C(N)=O)c1OC(C)=O.Cc1ccc2ccccc2c1.[HH]. The Kier molecular flexibility index (Phi) is 12.8. The summed E-state index contributed by atoms with van der Waals surface area (Å²) in [4.78, 5) is 36.5. The summed E-state index contributed by atoms with van der Waals surface area (Å²) in [5.74, 6) is -1.32. The Morgan fingerprint density at radius 1 is 0.950 bits per heavy atom. The van der Waals surface area contributed by atoms with Crippen LogP contribution >= 0.6 is 0 Å². The van der Waals surface area contributed by atoms with Gasteiger partial charge in [-0.25, -0.2) is 4.98 Å². The molecule has 3 aromatic carbocycles. The fraction of sp³-hybridized carbons (Fsp3) is 0.250. The minimum absolute atomic E-state index is 0. The van der Waals surface area contributed by atoms with Crippen molar-refractivity contribution in [1.29, 1.82) is 0 Å². The normalized spacial score (nSPS) is 10.6. The fourth-order valence-corrected chi connectivity index (χ4v) is 3.61. The molecule has 0 unspecified atom stereocenters. The van der Waals surface area contributed by atoms with Crippen molar-refractivity contribution in [1.82, 2.24) is 4.98 Å². The average Bonchev–Trinajstić information content (AvgIpc) is 2.93. The van der Waals surface area contributed by atoms with E-state index in [2.05, 4.69) is 54.4 Å². The molecule has 0 aliphatic heterocycles. The number of benzene rings is 3. The molecule has 0 saturated heterocycles. The lowest BCUT2D eigenvalue weighted by atomic mass is 10.1. The molecule has 2 N–H and O–H groups in total. The number of hydrogen-bond acceptors (Lipinski definition) is 7. The lowest BCUT2D eigenvalue weighted by Crippen LogP contribution is -2.16. The van der Waals surface area contributed by atoms with Crippen molar-refractivity contribution in [2.75, 3.05) is 7.11 Å². The van der Waals surface area contributed by atoms with E-state index in [4.69, 9.17) is 19.9 Å². The summed E-state index contributed by atoms with van der Waals surface area (Å²) >= 11 is 0. The predicted molar refractivity (Wildman–Crippen MR) is 157 cm³/mol. The van der Waals surface area contributed by atoms with Crippen LogP contribution in [0.25, 0.3) is 10.8 Å². The number of esters is 2. The Hall–Kier alpha value is -4.72. The number of pyridine rings is 1. The number of aromatic nitrogens is 1. The molecule has 40 heavy (non-hydrogen) atoms. The zero-order valence-corrected chi connectivity index (χ0v) is 23.5. The van der Waals surface area contributed by atoms with E-state index < -0.39 is 11.9 Å². The number of rotatable bonds is 7. The highest BCUT2D eigenvalue weighted by Crippen LogP contribution is 2.29. The van der Waals surface area contributed by atoms with Gasteiger partial charge in [0.15, 0.2) is 11.4 Å². The van der Waals surface area contributed by atoms with Gasteiger partial charge in [0, 0.05) is 33.5 Å². The standard InChI is InChI=1S/C12H16O2.C11H10.C9H10N2O4.H2/c1-3-12(13)14-10(2)9-11-7-5-4-6-8-11;1-9-6-7-10-4-2-3-5-11(10)8-9;1-5(12)15-8-6(14-2)3-4-11-7(8)9(10)13;/h4-8,10H,3,9H2,1-2H3;2-8H,1H3;3-4H,1-2H3,(H2,10,13);1H/t10-;;;/m0.../s1. The summed E-state index contributed by atoms with van der Waals surface area (Å²) in [7, 11) is 1.38. The van der Waals surface area contributed by atoms with Gasteiger partial charge in [0.2, 0.25) is 5.75 Å². The third kappa shape index (κ3) is 10.6. The molecule has 0 aliphatic carbocycles. The molecule has 0 fully saturated rings. The highest BCUT2D eigenvalue weighted by Gasteiger charge is 2.18. The van der Waals surface area contributed by atoms with Gasteiger partial charge in [-0.15, -0.1) is 0 Å². The van der Waals surface area contributed by atoms with Crippen molar-refractivity contribution in [2.45, 2.75) is 46.6 Å². The van der Waals surface area contributed by atoms with Crippen LogP contribution in [0, 0.1) is 6.92 Å². The first-order valence-electron chi connectivity index (χ1n) is 12.8. The number of carbonyl (C=O) groups is 3. The van der Waals surface area contributed by atoms with Crippen molar-refractivity contribution in [2.24, 2.45) is 5.73 Å². The van der Waals surface area contributed by atoms with Crippen LogP contribution in [0.1, 0.15) is 50.2 Å². The van der Waals surface area contributed by atoms with Gasteiger partial charge in [-0.2, -0.15) is 0 Å². The number of carbonyl (C=O) groups excluding carboxylic acids is 3. The van der Waals surface area contributed by atoms with Gasteiger partial charge < -0.3 is 19.9 Å². The summed E-state index contributed by atoms with van der Waals surface area (Å²) in [5.41, 5.74) is 7.45. The zero-order chi connectivity index (χ0) is 29.5. The Labute approximate surface area is 236 Å². The first-order chi connectivity index (χ1) is 19.1. The van der Waals surface area contributed by atoms with Crippen LogP contribution in [0.3, 0.4) is 0 Å². The third-order valence-electron chi connectivity index (χ3n) is 5.46. The van der Waals surface area contributed by atoms with Gasteiger partial charge in [-0.3, -0.25) is 14.4 Å². The second-order valence-corrected chi connectivity index (χ2v) is 8.84. The van der Waals surface area contributed by atoms with Crippen molar-refractivity contribution in [3.63, 3.8) is 0 Å². The van der Waals surface area contributed by atoms with E-state index in [1.807, 2.05) is 37.3 Å². The molecule has 0 aliphatic rings. The summed E-state index contributed by atoms with van der Waals surface area (Å²) in [6.07, 6.45) is 2.53. The van der Waals surface area contributed by atoms with Crippen LogP contribution in [-0.2, 0) is 20.7 Å². The summed E-state index contributed by atoms with van der Waals surface area (Å²) < 4.78 is 14.9. The molecule has 4 rings (SSSR count). The highest BCUT2D eigenvalue weighted by molar-refractivity contribution is 5.95. The van der Waals surface area contributed by atoms with Crippen LogP contribution in [0.15, 0.2) is 85.1 Å². The minimum Gasteiger partial charge on any atom is -0.493 e. The number of amides is 1. The van der Waals surface area contributed by atoms with Crippen LogP contribution < -0.4 is 15.2 Å². The van der Waals surface area contributed by atoms with Crippen molar-refractivity contribution < 1.29 is 30.0 Å². The van der Waals surface area contributed by atoms with E-state index in [0.717, 1.165) is 6.42 Å². The summed E-state index contributed by atoms with van der Waals surface area (Å²) in [6.45, 7) is 7.04. The van der Waals surface area contributed by atoms with Gasteiger partial charge in [0.1, 0.15) is 6.10 Å². The summed E-state index contributed by atoms with van der Waals surface area (Å²) in [5, 5.41) is 2.64. The van der Waals surface area contributed by atoms with Gasteiger partial charge in [0.05, 0.1) is 7.11 Å². The molecule has 1 atom stereocenters. The maximum atomic E-state index is 11.0. The molecule has 1 heterocycles. The van der Waals surface area contributed by atoms with Crippen LogP contribution in [-0.4, -0.2) is 36.0 Å². The number of methoxy groups -OCH3 is 1. The largest absolute Gasteiger partial charge is 0.493 e. The quantitative estimate of drug-likeness (QED) is 0.279. The van der Waals surface area contributed by atoms with Crippen LogP contribution in [0.4, 0.5) is 0 Å². The second-order valence-electron chi connectivity index (χ2n) is 8.84. The smallest absolute Gasteiger partial charge is 0.308 e. The molecular formula is C32H38N2O6. The van der Waals surface area contributed by atoms with Gasteiger partial charge in [-0.1, -0.05) is 85.3 Å². The molecule has 0 spiro atoms. The fourth-order valence-electron chi connectivity index (χ4n) is 3.61. The summed E-state index contributed by atoms with van der Waals surface area (Å²) in [6, 6.07) is 26.4. The van der Waals surface area contributed by atoms with Crippen molar-refractivity contribution in [3.8, 4) is 11.5 Å². The first kappa shape index (κ1) is 31.5. The first-order valence-corrected chi connectivity index (χ1v) is 12.8. The number of primary amides is 1. The third-order valence-corrected chi connectivity index (χ3v) is 5.46. The molecule has 4 aromatic rings. The van der Waals surface area contributed by atoms with Crippen molar-refractivity contribution in [3.05, 3.63) is 102 Å². The van der Waals surface area contributed by atoms with E-state index in [-0.39, 0.29) is 30.7 Å². The second kappa shape index (κ2) is 16.3. The molecule has 0 saturated carbocycles. The van der Waals surface area contributed by atoms with Gasteiger partial charge in [-0.05, 0) is 30.2 Å². The Balaban J connectivity index is 0.000000307. The molecule has 0 radical (unpaired) electrons. The lowest BCUT2D eigenvalue weighted by Gasteiger charge is -2.12. The number of nitrogens with zero attached hydrogens (tertiary/aromatic N) is 1. The number of ether oxygens (including phenoxy) is 3. The number of nitrogens with two attached hydrogens (primary N) is 1. The Morgan fingerprint density at radius 2 is 1.60 bits per heavy atom. The molecular weight excluding hydrogens is 508 g/mol. The maximum absolute atomic E-state index is 11.0. The number of fused-ring (bicyclic) bond motifs is 1. The monoisotopic (exact) mass is 546 g/mol. The number of hydrogen-bond donors (Lipinski definition) is 1. The molecule has 1 aromatic heterocycles. The molecule has 1 amide bonds. The maximum Gasteiger partial charge on any atom is 0.308 e. The highest BCUT2D eigenvalue weighted by atomic mass is 16.6. The average molecular weight is 547 g/mol. The van der Waals surface area contributed by atoms with Gasteiger partial charge >= 0.3 is 11.9 Å². The van der Waals surface area contributed by atoms with Crippen LogP contribution in [0.5, 0.6) is 11.5 Å². The molecule has 8 heteroatoms. The molecule has 0 bridgehead atoms. The zero-order valence-electron chi connectivity index (χ0n) is 23.5. The Morgan fingerprint density at radius 3 is 2.20 bits per heavy atom. The molecule has 212 valence electrons. The predicted octanol–water partition coefficient (Wildman–Crippen LogP) is 6.08. The topological polar surface area (TPSA) is 118 Å². The minimum atomic E-state index is -0.787. The molecule has 8 nitrogen and oxygen atoms in total. The van der Waals surface area contributed by atoms with E-state index >= 15 is 0 Å². The van der Waals surface area contributed by atoms with E-state index in [1.165, 1.54) is 48.2 Å². The Bertz CT molecular complexity index is 1410. The van der Waals surface area contributed by atoms with Gasteiger partial charge in [0.25, 0.3) is 5.91 Å². The van der Waals surface area contributed by atoms with E-state index in [1.54, 1.807) is 6.92 Å². The lowest BCUT2D eigenvalue weighted by molar-refractivity contribution is -0.147. The van der Waals surface area contributed by atoms with E-state index in [9.17, 15) is 14.4 Å². The van der Waals surface area contributed by atoms with E-state index in [0.29, 0.717) is 6.42 Å².